The maximum Gasteiger partial charge on any atom is 0.261 e. The number of sulfonamides is 1. The van der Waals surface area contributed by atoms with Crippen molar-refractivity contribution < 1.29 is 17.6 Å². The minimum atomic E-state index is -3.76. The molecule has 4 rings (SSSR count). The summed E-state index contributed by atoms with van der Waals surface area (Å²) in [5, 5.41) is 0. The molecule has 1 aliphatic rings. The lowest BCUT2D eigenvalue weighted by molar-refractivity contribution is 0.0746. The summed E-state index contributed by atoms with van der Waals surface area (Å²) in [6, 6.07) is 19.6. The van der Waals surface area contributed by atoms with E-state index in [-0.39, 0.29) is 16.6 Å². The van der Waals surface area contributed by atoms with E-state index in [9.17, 15) is 17.6 Å². The fourth-order valence-corrected chi connectivity index (χ4v) is 4.74. The van der Waals surface area contributed by atoms with Crippen molar-refractivity contribution in [3.63, 3.8) is 0 Å². The van der Waals surface area contributed by atoms with Gasteiger partial charge in [0.2, 0.25) is 0 Å². The zero-order valence-electron chi connectivity index (χ0n) is 17.7. The molecule has 1 amide bonds. The number of rotatable bonds is 5. The van der Waals surface area contributed by atoms with Gasteiger partial charge in [0, 0.05) is 37.4 Å². The van der Waals surface area contributed by atoms with Gasteiger partial charge in [-0.3, -0.25) is 9.52 Å². The molecule has 0 saturated carbocycles. The van der Waals surface area contributed by atoms with Crippen molar-refractivity contribution in [3.05, 3.63) is 89.7 Å². The number of nitrogens with zero attached hydrogens (tertiary/aromatic N) is 2. The standard InChI is InChI=1S/C24H24FN3O3S/c1-18-9-11-21(12-10-18)32(30,31)26-20-6-4-5-19(17-20)24(29)28-15-13-27(14-16-28)23-8-3-2-7-22(23)25/h2-12,17,26H,13-16H2,1H3. The van der Waals surface area contributed by atoms with Crippen molar-refractivity contribution >= 4 is 27.3 Å². The number of hydrogen-bond donors (Lipinski definition) is 1. The lowest BCUT2D eigenvalue weighted by atomic mass is 10.1. The number of carbonyl (C=O) groups excluding carboxylic acids is 1. The Morgan fingerprint density at radius 2 is 1.59 bits per heavy atom. The average Bonchev–Trinajstić information content (AvgIpc) is 2.79. The van der Waals surface area contributed by atoms with Crippen LogP contribution in [0.4, 0.5) is 15.8 Å². The predicted octanol–water partition coefficient (Wildman–Crippen LogP) is 3.90. The third-order valence-corrected chi connectivity index (χ3v) is 6.85. The Hall–Kier alpha value is -3.39. The number of amides is 1. The van der Waals surface area contributed by atoms with Gasteiger partial charge in [-0.15, -0.1) is 0 Å². The second-order valence-electron chi connectivity index (χ2n) is 7.73. The van der Waals surface area contributed by atoms with Crippen LogP contribution in [0, 0.1) is 12.7 Å². The van der Waals surface area contributed by atoms with Crippen molar-refractivity contribution in [3.8, 4) is 0 Å². The number of para-hydroxylation sites is 1. The first kappa shape index (κ1) is 21.8. The summed E-state index contributed by atoms with van der Waals surface area (Å²) in [5.74, 6) is -0.463. The van der Waals surface area contributed by atoms with E-state index in [1.807, 2.05) is 11.8 Å². The first-order valence-corrected chi connectivity index (χ1v) is 11.8. The van der Waals surface area contributed by atoms with Crippen LogP contribution in [0.3, 0.4) is 0 Å². The van der Waals surface area contributed by atoms with Gasteiger partial charge < -0.3 is 9.80 Å². The quantitative estimate of drug-likeness (QED) is 0.636. The maximum absolute atomic E-state index is 14.0. The van der Waals surface area contributed by atoms with Crippen molar-refractivity contribution in [2.75, 3.05) is 35.8 Å². The van der Waals surface area contributed by atoms with Crippen molar-refractivity contribution in [2.45, 2.75) is 11.8 Å². The topological polar surface area (TPSA) is 69.7 Å². The lowest BCUT2D eigenvalue weighted by Gasteiger charge is -2.36. The van der Waals surface area contributed by atoms with E-state index in [1.165, 1.54) is 12.1 Å². The van der Waals surface area contributed by atoms with E-state index in [4.69, 9.17) is 0 Å². The number of nitrogens with one attached hydrogen (secondary N) is 1. The molecule has 3 aromatic rings. The van der Waals surface area contributed by atoms with Crippen LogP contribution in [0.15, 0.2) is 77.7 Å². The third-order valence-electron chi connectivity index (χ3n) is 5.45. The lowest BCUT2D eigenvalue weighted by Crippen LogP contribution is -2.49. The van der Waals surface area contributed by atoms with Crippen LogP contribution in [0.5, 0.6) is 0 Å². The molecule has 0 unspecified atom stereocenters. The smallest absolute Gasteiger partial charge is 0.261 e. The number of benzene rings is 3. The fourth-order valence-electron chi connectivity index (χ4n) is 3.69. The van der Waals surface area contributed by atoms with Crippen LogP contribution in [0.1, 0.15) is 15.9 Å². The number of aryl methyl sites for hydroxylation is 1. The van der Waals surface area contributed by atoms with Crippen LogP contribution in [-0.4, -0.2) is 45.4 Å². The second kappa shape index (κ2) is 9.00. The van der Waals surface area contributed by atoms with Crippen molar-refractivity contribution in [1.82, 2.24) is 4.90 Å². The van der Waals surface area contributed by atoms with Gasteiger partial charge in [-0.25, -0.2) is 12.8 Å². The molecule has 0 atom stereocenters. The Bertz CT molecular complexity index is 1220. The highest BCUT2D eigenvalue weighted by atomic mass is 32.2. The normalized spacial score (nSPS) is 14.3. The Balaban J connectivity index is 1.44. The molecule has 3 aromatic carbocycles. The summed E-state index contributed by atoms with van der Waals surface area (Å²) in [6.45, 7) is 3.83. The molecule has 6 nitrogen and oxygen atoms in total. The number of carbonyl (C=O) groups is 1. The third kappa shape index (κ3) is 4.75. The van der Waals surface area contributed by atoms with E-state index in [0.717, 1.165) is 5.56 Å². The molecule has 0 aromatic heterocycles. The molecule has 0 aliphatic carbocycles. The van der Waals surface area contributed by atoms with Gasteiger partial charge in [0.05, 0.1) is 10.6 Å². The van der Waals surface area contributed by atoms with Gasteiger partial charge in [-0.05, 0) is 49.4 Å². The van der Waals surface area contributed by atoms with Crippen LogP contribution < -0.4 is 9.62 Å². The van der Waals surface area contributed by atoms with Crippen molar-refractivity contribution in [2.24, 2.45) is 0 Å². The minimum Gasteiger partial charge on any atom is -0.366 e. The average molecular weight is 454 g/mol. The molecule has 0 radical (unpaired) electrons. The van der Waals surface area contributed by atoms with E-state index < -0.39 is 10.0 Å². The second-order valence-corrected chi connectivity index (χ2v) is 9.41. The number of hydrogen-bond acceptors (Lipinski definition) is 4. The highest BCUT2D eigenvalue weighted by Crippen LogP contribution is 2.22. The van der Waals surface area contributed by atoms with Gasteiger partial charge in [-0.2, -0.15) is 0 Å². The number of halogens is 1. The summed E-state index contributed by atoms with van der Waals surface area (Å²) < 4.78 is 41.9. The molecule has 0 spiro atoms. The Morgan fingerprint density at radius 1 is 0.906 bits per heavy atom. The summed E-state index contributed by atoms with van der Waals surface area (Å²) >= 11 is 0. The molecule has 0 bridgehead atoms. The zero-order chi connectivity index (χ0) is 22.7. The highest BCUT2D eigenvalue weighted by Gasteiger charge is 2.24. The first-order chi connectivity index (χ1) is 15.3. The largest absolute Gasteiger partial charge is 0.366 e. The van der Waals surface area contributed by atoms with E-state index in [0.29, 0.717) is 43.1 Å². The van der Waals surface area contributed by atoms with E-state index in [2.05, 4.69) is 4.72 Å². The molecule has 1 N–H and O–H groups in total. The fraction of sp³-hybridized carbons (Fsp3) is 0.208. The summed E-state index contributed by atoms with van der Waals surface area (Å²) in [5.41, 5.74) is 2.22. The van der Waals surface area contributed by atoms with Crippen LogP contribution >= 0.6 is 0 Å². The Morgan fingerprint density at radius 3 is 2.28 bits per heavy atom. The van der Waals surface area contributed by atoms with Crippen LogP contribution in [0.2, 0.25) is 0 Å². The molecule has 1 saturated heterocycles. The molecule has 166 valence electrons. The van der Waals surface area contributed by atoms with Gasteiger partial charge in [0.25, 0.3) is 15.9 Å². The maximum atomic E-state index is 14.0. The molecule has 1 fully saturated rings. The molecule has 32 heavy (non-hydrogen) atoms. The summed E-state index contributed by atoms with van der Waals surface area (Å²) in [4.78, 5) is 16.8. The first-order valence-electron chi connectivity index (χ1n) is 10.3. The Kier molecular flexibility index (Phi) is 6.14. The zero-order valence-corrected chi connectivity index (χ0v) is 18.5. The van der Waals surface area contributed by atoms with Gasteiger partial charge in [-0.1, -0.05) is 35.9 Å². The number of piperazine rings is 1. The van der Waals surface area contributed by atoms with E-state index >= 15 is 0 Å². The van der Waals surface area contributed by atoms with Crippen LogP contribution in [-0.2, 0) is 10.0 Å². The van der Waals surface area contributed by atoms with Gasteiger partial charge in [0.15, 0.2) is 0 Å². The van der Waals surface area contributed by atoms with Crippen LogP contribution in [0.25, 0.3) is 0 Å². The van der Waals surface area contributed by atoms with Gasteiger partial charge >= 0.3 is 0 Å². The summed E-state index contributed by atoms with van der Waals surface area (Å²) in [7, 11) is -3.76. The highest BCUT2D eigenvalue weighted by molar-refractivity contribution is 7.92. The van der Waals surface area contributed by atoms with E-state index in [1.54, 1.807) is 65.6 Å². The molecule has 1 aliphatic heterocycles. The molecular weight excluding hydrogens is 429 g/mol. The van der Waals surface area contributed by atoms with Gasteiger partial charge in [0.1, 0.15) is 5.82 Å². The molecule has 8 heteroatoms. The SMILES string of the molecule is Cc1ccc(S(=O)(=O)Nc2cccc(C(=O)N3CCN(c4ccccc4F)CC3)c2)cc1. The minimum absolute atomic E-state index is 0.157. The number of anilines is 2. The molecular formula is C24H24FN3O3S. The monoisotopic (exact) mass is 453 g/mol. The Labute approximate surface area is 187 Å². The summed E-state index contributed by atoms with van der Waals surface area (Å²) in [6.07, 6.45) is 0. The predicted molar refractivity (Wildman–Crippen MR) is 123 cm³/mol. The van der Waals surface area contributed by atoms with Crippen molar-refractivity contribution in [1.29, 1.82) is 0 Å². The molecule has 1 heterocycles.